The van der Waals surface area contributed by atoms with Crippen molar-refractivity contribution in [2.75, 3.05) is 26.2 Å². The molecule has 0 radical (unpaired) electrons. The molecule has 0 unspecified atom stereocenters. The highest BCUT2D eigenvalue weighted by atomic mass is 32.2. The highest BCUT2D eigenvalue weighted by Crippen LogP contribution is 2.22. The predicted octanol–water partition coefficient (Wildman–Crippen LogP) is -0.409. The van der Waals surface area contributed by atoms with Crippen LogP contribution in [-0.2, 0) is 21.4 Å². The molecule has 1 amide bonds. The van der Waals surface area contributed by atoms with Gasteiger partial charge in [0.05, 0.1) is 9.82 Å². The summed E-state index contributed by atoms with van der Waals surface area (Å²) < 4.78 is 27.9. The van der Waals surface area contributed by atoms with E-state index in [1.165, 1.54) is 38.4 Å². The first-order valence-corrected chi connectivity index (χ1v) is 9.57. The standard InChI is InChI=1S/C15H15N7O5S/c16-9-14-17-11-20(18-14)10-15(23)19-4-6-21(7-5-19)28(26,27)13-3-1-2-12(8-13)22(24)25/h1-3,8,11H,4-7,10H2. The number of nitro benzene ring substituents is 1. The highest BCUT2D eigenvalue weighted by Gasteiger charge is 2.31. The largest absolute Gasteiger partial charge is 0.338 e. The van der Waals surface area contributed by atoms with Crippen molar-refractivity contribution in [3.05, 3.63) is 46.5 Å². The number of aromatic nitrogens is 3. The molecular formula is C15H15N7O5S. The molecule has 0 saturated carbocycles. The van der Waals surface area contributed by atoms with E-state index in [4.69, 9.17) is 5.26 Å². The molecule has 0 N–H and O–H groups in total. The Bertz CT molecular complexity index is 1050. The van der Waals surface area contributed by atoms with Crippen LogP contribution >= 0.6 is 0 Å². The number of amides is 1. The van der Waals surface area contributed by atoms with Gasteiger partial charge in [-0.1, -0.05) is 6.07 Å². The molecular weight excluding hydrogens is 390 g/mol. The fourth-order valence-corrected chi connectivity index (χ4v) is 4.21. The lowest BCUT2D eigenvalue weighted by Crippen LogP contribution is -2.51. The summed E-state index contributed by atoms with van der Waals surface area (Å²) in [5, 5.41) is 23.4. The molecule has 1 fully saturated rings. The Kier molecular flexibility index (Phi) is 5.34. The van der Waals surface area contributed by atoms with Crippen molar-refractivity contribution < 1.29 is 18.1 Å². The van der Waals surface area contributed by atoms with E-state index in [9.17, 15) is 23.3 Å². The molecule has 3 rings (SSSR count). The number of carbonyl (C=O) groups excluding carboxylic acids is 1. The SMILES string of the molecule is N#Cc1ncn(CC(=O)N2CCN(S(=O)(=O)c3cccc([N+](=O)[O-])c3)CC2)n1. The van der Waals surface area contributed by atoms with Gasteiger partial charge in [0.2, 0.25) is 15.9 Å². The summed E-state index contributed by atoms with van der Waals surface area (Å²) in [6.07, 6.45) is 1.28. The molecule has 0 spiro atoms. The predicted molar refractivity (Wildman–Crippen MR) is 93.2 cm³/mol. The number of carbonyl (C=O) groups is 1. The number of hydrogen-bond acceptors (Lipinski definition) is 8. The molecule has 0 aliphatic carbocycles. The summed E-state index contributed by atoms with van der Waals surface area (Å²) in [4.78, 5) is 27.6. The molecule has 12 nitrogen and oxygen atoms in total. The summed E-state index contributed by atoms with van der Waals surface area (Å²) in [5.74, 6) is -0.317. The molecule has 1 aliphatic heterocycles. The van der Waals surface area contributed by atoms with Crippen LogP contribution in [0.3, 0.4) is 0 Å². The van der Waals surface area contributed by atoms with Crippen LogP contribution in [0.1, 0.15) is 5.82 Å². The normalized spacial score (nSPS) is 15.2. The van der Waals surface area contributed by atoms with Crippen molar-refractivity contribution in [1.29, 1.82) is 5.26 Å². The lowest BCUT2D eigenvalue weighted by atomic mass is 10.3. The number of rotatable bonds is 5. The molecule has 2 heterocycles. The second-order valence-electron chi connectivity index (χ2n) is 5.92. The second kappa shape index (κ2) is 7.71. The number of non-ortho nitro benzene ring substituents is 1. The van der Waals surface area contributed by atoms with Gasteiger partial charge in [-0.3, -0.25) is 14.9 Å². The van der Waals surface area contributed by atoms with Crippen molar-refractivity contribution in [2.24, 2.45) is 0 Å². The molecule has 1 aromatic carbocycles. The molecule has 1 aliphatic rings. The van der Waals surface area contributed by atoms with Crippen molar-refractivity contribution in [3.63, 3.8) is 0 Å². The molecule has 13 heteroatoms. The van der Waals surface area contributed by atoms with Crippen LogP contribution in [0.5, 0.6) is 0 Å². The van der Waals surface area contributed by atoms with Crippen LogP contribution in [0.15, 0.2) is 35.5 Å². The first kappa shape index (κ1) is 19.4. The third-order valence-electron chi connectivity index (χ3n) is 4.19. The van der Waals surface area contributed by atoms with Gasteiger partial charge in [-0.25, -0.2) is 18.1 Å². The second-order valence-corrected chi connectivity index (χ2v) is 7.85. The fourth-order valence-electron chi connectivity index (χ4n) is 2.75. The third kappa shape index (κ3) is 3.97. The first-order valence-electron chi connectivity index (χ1n) is 8.13. The van der Waals surface area contributed by atoms with Crippen molar-refractivity contribution >= 4 is 21.6 Å². The Morgan fingerprint density at radius 3 is 2.61 bits per heavy atom. The number of sulfonamides is 1. The number of hydrogen-bond donors (Lipinski definition) is 0. The molecule has 1 aromatic heterocycles. The van der Waals surface area contributed by atoms with E-state index < -0.39 is 14.9 Å². The van der Waals surface area contributed by atoms with Gasteiger partial charge < -0.3 is 4.90 Å². The summed E-state index contributed by atoms with van der Waals surface area (Å²) in [6.45, 7) is 0.376. The number of piperazine rings is 1. The van der Waals surface area contributed by atoms with Crippen LogP contribution in [0.2, 0.25) is 0 Å². The minimum Gasteiger partial charge on any atom is -0.338 e. The lowest BCUT2D eigenvalue weighted by Gasteiger charge is -2.33. The Morgan fingerprint density at radius 1 is 1.29 bits per heavy atom. The van der Waals surface area contributed by atoms with Gasteiger partial charge in [0.25, 0.3) is 11.5 Å². The quantitative estimate of drug-likeness (QED) is 0.480. The Morgan fingerprint density at radius 2 is 2.00 bits per heavy atom. The summed E-state index contributed by atoms with van der Waals surface area (Å²) >= 11 is 0. The Hall–Kier alpha value is -3.37. The summed E-state index contributed by atoms with van der Waals surface area (Å²) in [6, 6.07) is 6.62. The van der Waals surface area contributed by atoms with E-state index in [0.29, 0.717) is 0 Å². The molecule has 0 bridgehead atoms. The average molecular weight is 405 g/mol. The zero-order chi connectivity index (χ0) is 20.3. The van der Waals surface area contributed by atoms with E-state index in [2.05, 4.69) is 10.1 Å². The Balaban J connectivity index is 1.64. The van der Waals surface area contributed by atoms with Crippen LogP contribution in [0.4, 0.5) is 5.69 Å². The molecule has 146 valence electrons. The van der Waals surface area contributed by atoms with Gasteiger partial charge in [0.15, 0.2) is 0 Å². The number of nitro groups is 1. The summed E-state index contributed by atoms with van der Waals surface area (Å²) in [5.41, 5.74) is -0.306. The van der Waals surface area contributed by atoms with Gasteiger partial charge in [-0.15, -0.1) is 5.10 Å². The minimum absolute atomic E-state index is 0.0410. The topological polar surface area (TPSA) is 155 Å². The molecule has 0 atom stereocenters. The van der Waals surface area contributed by atoms with Gasteiger partial charge in [0, 0.05) is 38.3 Å². The van der Waals surface area contributed by atoms with Crippen molar-refractivity contribution in [3.8, 4) is 6.07 Å². The van der Waals surface area contributed by atoms with Crippen LogP contribution < -0.4 is 0 Å². The lowest BCUT2D eigenvalue weighted by molar-refractivity contribution is -0.385. The van der Waals surface area contributed by atoms with Crippen LogP contribution in [0.25, 0.3) is 0 Å². The number of nitrogens with zero attached hydrogens (tertiary/aromatic N) is 7. The number of nitriles is 1. The maximum Gasteiger partial charge on any atom is 0.270 e. The van der Waals surface area contributed by atoms with Gasteiger partial charge in [-0.2, -0.15) is 9.57 Å². The van der Waals surface area contributed by atoms with Gasteiger partial charge in [0.1, 0.15) is 18.9 Å². The summed E-state index contributed by atoms with van der Waals surface area (Å²) in [7, 11) is -3.90. The van der Waals surface area contributed by atoms with Crippen molar-refractivity contribution in [2.45, 2.75) is 11.4 Å². The monoisotopic (exact) mass is 405 g/mol. The zero-order valence-corrected chi connectivity index (χ0v) is 15.3. The average Bonchev–Trinajstić information content (AvgIpc) is 3.15. The molecule has 1 saturated heterocycles. The van der Waals surface area contributed by atoms with Crippen LogP contribution in [-0.4, -0.2) is 69.4 Å². The third-order valence-corrected chi connectivity index (χ3v) is 6.09. The van der Waals surface area contributed by atoms with Gasteiger partial charge in [-0.05, 0) is 6.07 Å². The van der Waals surface area contributed by atoms with Gasteiger partial charge >= 0.3 is 0 Å². The van der Waals surface area contributed by atoms with Crippen LogP contribution in [0, 0.1) is 21.4 Å². The van der Waals surface area contributed by atoms with E-state index in [0.717, 1.165) is 6.07 Å². The Labute approximate surface area is 159 Å². The fraction of sp³-hybridized carbons (Fsp3) is 0.333. The molecule has 28 heavy (non-hydrogen) atoms. The van der Waals surface area contributed by atoms with E-state index >= 15 is 0 Å². The van der Waals surface area contributed by atoms with E-state index in [1.54, 1.807) is 6.07 Å². The van der Waals surface area contributed by atoms with E-state index in [-0.39, 0.29) is 55.0 Å². The minimum atomic E-state index is -3.90. The maximum absolute atomic E-state index is 12.7. The van der Waals surface area contributed by atoms with E-state index in [1.807, 2.05) is 0 Å². The smallest absolute Gasteiger partial charge is 0.270 e. The molecule has 2 aromatic rings. The first-order chi connectivity index (χ1) is 13.3. The highest BCUT2D eigenvalue weighted by molar-refractivity contribution is 7.89. The zero-order valence-electron chi connectivity index (χ0n) is 14.5. The number of benzene rings is 1. The van der Waals surface area contributed by atoms with Crippen molar-refractivity contribution in [1.82, 2.24) is 24.0 Å². The maximum atomic E-state index is 12.7.